The highest BCUT2D eigenvalue weighted by Gasteiger charge is 2.32. The highest BCUT2D eigenvalue weighted by atomic mass is 35.5. The number of aryl methyl sites for hydroxylation is 1. The predicted molar refractivity (Wildman–Crippen MR) is 65.4 cm³/mol. The third-order valence-corrected chi connectivity index (χ3v) is 3.61. The first-order valence-corrected chi connectivity index (χ1v) is 6.03. The third kappa shape index (κ3) is 2.37. The lowest BCUT2D eigenvalue weighted by Gasteiger charge is -2.20. The summed E-state index contributed by atoms with van der Waals surface area (Å²) < 4.78 is 0. The molecule has 1 aromatic carbocycles. The Hall–Kier alpha value is -1.04. The molecule has 84 valence electrons. The van der Waals surface area contributed by atoms with Crippen LogP contribution in [0.25, 0.3) is 0 Å². The van der Waals surface area contributed by atoms with Gasteiger partial charge in [-0.1, -0.05) is 29.8 Å². The normalized spacial score (nSPS) is 24.2. The average molecular weight is 235 g/mol. The number of nitriles is 1. The lowest BCUT2D eigenvalue weighted by molar-refractivity contribution is 0.447. The average Bonchev–Trinajstić information content (AvgIpc) is 2.78. The van der Waals surface area contributed by atoms with Crippen molar-refractivity contribution < 1.29 is 0 Å². The van der Waals surface area contributed by atoms with Gasteiger partial charge in [-0.3, -0.25) is 5.32 Å². The molecule has 1 N–H and O–H groups in total. The van der Waals surface area contributed by atoms with Crippen LogP contribution in [0.2, 0.25) is 5.02 Å². The Bertz CT molecular complexity index is 403. The molecular weight excluding hydrogens is 220 g/mol. The molecule has 0 spiro atoms. The summed E-state index contributed by atoms with van der Waals surface area (Å²) in [5.41, 5.74) is 0.812. The van der Waals surface area contributed by atoms with Gasteiger partial charge in [0, 0.05) is 5.02 Å². The molecule has 0 saturated carbocycles. The fraction of sp³-hybridized carbons (Fsp3) is 0.462. The minimum Gasteiger partial charge on any atom is -0.299 e. The fourth-order valence-electron chi connectivity index (χ4n) is 2.22. The molecule has 2 rings (SSSR count). The van der Waals surface area contributed by atoms with Gasteiger partial charge in [0.05, 0.1) is 6.07 Å². The molecule has 1 heterocycles. The van der Waals surface area contributed by atoms with Crippen LogP contribution in [0.5, 0.6) is 0 Å². The smallest absolute Gasteiger partial charge is 0.107 e. The predicted octanol–water partition coefficient (Wildman–Crippen LogP) is 2.92. The second-order valence-electron chi connectivity index (χ2n) is 4.32. The van der Waals surface area contributed by atoms with Crippen molar-refractivity contribution in [1.82, 2.24) is 5.32 Å². The van der Waals surface area contributed by atoms with Crippen LogP contribution in [0.4, 0.5) is 0 Å². The molecule has 0 bridgehead atoms. The van der Waals surface area contributed by atoms with E-state index >= 15 is 0 Å². The van der Waals surface area contributed by atoms with Crippen molar-refractivity contribution in [2.45, 2.75) is 31.2 Å². The summed E-state index contributed by atoms with van der Waals surface area (Å²) in [5.74, 6) is 0. The highest BCUT2D eigenvalue weighted by Crippen LogP contribution is 2.26. The van der Waals surface area contributed by atoms with E-state index in [2.05, 4.69) is 11.4 Å². The van der Waals surface area contributed by atoms with Gasteiger partial charge in [0.15, 0.2) is 0 Å². The van der Waals surface area contributed by atoms with Gasteiger partial charge in [0.25, 0.3) is 0 Å². The summed E-state index contributed by atoms with van der Waals surface area (Å²) in [6.45, 7) is 0.954. The van der Waals surface area contributed by atoms with Crippen LogP contribution in [0.1, 0.15) is 24.8 Å². The quantitative estimate of drug-likeness (QED) is 0.873. The summed E-state index contributed by atoms with van der Waals surface area (Å²) in [6, 6.07) is 10.3. The lowest BCUT2D eigenvalue weighted by atomic mass is 9.91. The van der Waals surface area contributed by atoms with Crippen molar-refractivity contribution in [2.24, 2.45) is 0 Å². The van der Waals surface area contributed by atoms with Gasteiger partial charge in [-0.25, -0.2) is 0 Å². The van der Waals surface area contributed by atoms with E-state index in [4.69, 9.17) is 11.6 Å². The van der Waals surface area contributed by atoms with Crippen molar-refractivity contribution in [3.05, 3.63) is 34.9 Å². The molecule has 1 aliphatic heterocycles. The summed E-state index contributed by atoms with van der Waals surface area (Å²) in [4.78, 5) is 0. The second-order valence-corrected chi connectivity index (χ2v) is 4.72. The van der Waals surface area contributed by atoms with E-state index in [0.29, 0.717) is 0 Å². The molecular formula is C13H15ClN2. The van der Waals surface area contributed by atoms with Crippen LogP contribution in [-0.4, -0.2) is 12.1 Å². The fourth-order valence-corrected chi connectivity index (χ4v) is 2.45. The van der Waals surface area contributed by atoms with Crippen LogP contribution in [0, 0.1) is 11.3 Å². The molecule has 0 aromatic heterocycles. The molecule has 16 heavy (non-hydrogen) atoms. The molecule has 1 atom stereocenters. The Morgan fingerprint density at radius 1 is 1.44 bits per heavy atom. The maximum Gasteiger partial charge on any atom is 0.107 e. The van der Waals surface area contributed by atoms with Gasteiger partial charge in [-0.05, 0) is 43.9 Å². The molecule has 0 amide bonds. The van der Waals surface area contributed by atoms with E-state index in [1.54, 1.807) is 0 Å². The molecule has 1 saturated heterocycles. The molecule has 2 nitrogen and oxygen atoms in total. The van der Waals surface area contributed by atoms with Crippen molar-refractivity contribution >= 4 is 11.6 Å². The molecule has 0 aliphatic carbocycles. The molecule has 1 aliphatic rings. The number of nitrogens with one attached hydrogen (secondary N) is 1. The van der Waals surface area contributed by atoms with E-state index in [1.807, 2.05) is 24.3 Å². The maximum atomic E-state index is 9.22. The Morgan fingerprint density at radius 2 is 2.25 bits per heavy atom. The first-order valence-electron chi connectivity index (χ1n) is 5.65. The van der Waals surface area contributed by atoms with Crippen LogP contribution in [0.15, 0.2) is 24.3 Å². The number of rotatable bonds is 3. The minimum atomic E-state index is -0.320. The minimum absolute atomic E-state index is 0.320. The lowest BCUT2D eigenvalue weighted by Crippen LogP contribution is -2.38. The van der Waals surface area contributed by atoms with E-state index in [9.17, 15) is 5.26 Å². The zero-order valence-corrected chi connectivity index (χ0v) is 9.93. The van der Waals surface area contributed by atoms with Crippen LogP contribution < -0.4 is 5.32 Å². The van der Waals surface area contributed by atoms with Crippen molar-refractivity contribution in [3.8, 4) is 6.07 Å². The van der Waals surface area contributed by atoms with Gasteiger partial charge in [0.1, 0.15) is 5.54 Å². The molecule has 1 fully saturated rings. The Morgan fingerprint density at radius 3 is 2.88 bits per heavy atom. The van der Waals surface area contributed by atoms with E-state index < -0.39 is 0 Å². The summed E-state index contributed by atoms with van der Waals surface area (Å²) in [5, 5.41) is 13.3. The Kier molecular flexibility index (Phi) is 3.48. The number of nitrogens with zero attached hydrogens (tertiary/aromatic N) is 1. The Labute approximate surface area is 101 Å². The van der Waals surface area contributed by atoms with Crippen molar-refractivity contribution in [1.29, 1.82) is 5.26 Å². The number of halogens is 1. The molecule has 1 aromatic rings. The van der Waals surface area contributed by atoms with Gasteiger partial charge in [0.2, 0.25) is 0 Å². The molecule has 1 unspecified atom stereocenters. The molecule has 3 heteroatoms. The Balaban J connectivity index is 2.02. The molecule has 0 radical (unpaired) electrons. The van der Waals surface area contributed by atoms with E-state index in [1.165, 1.54) is 0 Å². The van der Waals surface area contributed by atoms with Gasteiger partial charge in [-0.2, -0.15) is 5.26 Å². The first kappa shape index (κ1) is 11.4. The second kappa shape index (κ2) is 4.86. The van der Waals surface area contributed by atoms with E-state index in [0.717, 1.165) is 42.8 Å². The maximum absolute atomic E-state index is 9.22. The van der Waals surface area contributed by atoms with Gasteiger partial charge < -0.3 is 0 Å². The van der Waals surface area contributed by atoms with Crippen molar-refractivity contribution in [3.63, 3.8) is 0 Å². The van der Waals surface area contributed by atoms with Crippen molar-refractivity contribution in [2.75, 3.05) is 6.54 Å². The zero-order valence-electron chi connectivity index (χ0n) is 9.17. The summed E-state index contributed by atoms with van der Waals surface area (Å²) in [6.07, 6.45) is 3.75. The number of hydrogen-bond acceptors (Lipinski definition) is 2. The van der Waals surface area contributed by atoms with Crippen LogP contribution >= 0.6 is 11.6 Å². The van der Waals surface area contributed by atoms with Crippen LogP contribution in [0.3, 0.4) is 0 Å². The highest BCUT2D eigenvalue weighted by molar-refractivity contribution is 6.31. The monoisotopic (exact) mass is 234 g/mol. The SMILES string of the molecule is N#CC1(CCc2ccccc2Cl)CCCN1. The largest absolute Gasteiger partial charge is 0.299 e. The first-order chi connectivity index (χ1) is 7.76. The van der Waals surface area contributed by atoms with E-state index in [-0.39, 0.29) is 5.54 Å². The van der Waals surface area contributed by atoms with Gasteiger partial charge >= 0.3 is 0 Å². The third-order valence-electron chi connectivity index (χ3n) is 3.24. The standard InChI is InChI=1S/C13H15ClN2/c14-12-5-2-1-4-11(12)6-8-13(10-15)7-3-9-16-13/h1-2,4-5,16H,3,6-9H2. The summed E-state index contributed by atoms with van der Waals surface area (Å²) >= 11 is 6.09. The number of hydrogen-bond donors (Lipinski definition) is 1. The van der Waals surface area contributed by atoms with Crippen LogP contribution in [-0.2, 0) is 6.42 Å². The summed E-state index contributed by atoms with van der Waals surface area (Å²) in [7, 11) is 0. The van der Waals surface area contributed by atoms with Gasteiger partial charge in [-0.15, -0.1) is 0 Å². The number of benzene rings is 1. The topological polar surface area (TPSA) is 35.8 Å². The zero-order chi connectivity index (χ0) is 11.4.